The molecule has 29 heavy (non-hydrogen) atoms. The van der Waals surface area contributed by atoms with E-state index in [9.17, 15) is 13.2 Å². The minimum absolute atomic E-state index is 0.135. The molecule has 0 saturated carbocycles. The van der Waals surface area contributed by atoms with Crippen molar-refractivity contribution in [2.45, 2.75) is 24.7 Å². The van der Waals surface area contributed by atoms with Crippen LogP contribution in [0.1, 0.15) is 35.7 Å². The van der Waals surface area contributed by atoms with Gasteiger partial charge < -0.3 is 10.1 Å². The van der Waals surface area contributed by atoms with E-state index in [1.54, 1.807) is 12.1 Å². The van der Waals surface area contributed by atoms with Crippen LogP contribution in [-0.2, 0) is 14.8 Å². The number of rotatable bonds is 7. The molecule has 1 aliphatic rings. The highest BCUT2D eigenvalue weighted by atomic mass is 32.2. The zero-order chi connectivity index (χ0) is 20.9. The van der Waals surface area contributed by atoms with Crippen molar-refractivity contribution in [1.29, 1.82) is 0 Å². The summed E-state index contributed by atoms with van der Waals surface area (Å²) in [5, 5.41) is 2.97. The molecule has 1 fully saturated rings. The van der Waals surface area contributed by atoms with Gasteiger partial charge in [0.15, 0.2) is 0 Å². The van der Waals surface area contributed by atoms with Crippen LogP contribution in [-0.4, -0.2) is 51.5 Å². The average molecular weight is 417 g/mol. The van der Waals surface area contributed by atoms with Crippen LogP contribution in [0.2, 0.25) is 0 Å². The second-order valence-corrected chi connectivity index (χ2v) is 9.45. The zero-order valence-corrected chi connectivity index (χ0v) is 17.7. The Hall–Kier alpha value is -2.22. The van der Waals surface area contributed by atoms with Gasteiger partial charge in [-0.25, -0.2) is 8.42 Å². The van der Waals surface area contributed by atoms with Gasteiger partial charge in [-0.3, -0.25) is 4.79 Å². The molecular formula is C22H28N2O4S. The summed E-state index contributed by atoms with van der Waals surface area (Å²) in [6.07, 6.45) is 0. The lowest BCUT2D eigenvalue weighted by Crippen LogP contribution is -2.40. The number of nitrogens with zero attached hydrogens (tertiary/aromatic N) is 1. The van der Waals surface area contributed by atoms with E-state index in [1.807, 2.05) is 18.2 Å². The molecule has 0 bridgehead atoms. The molecule has 0 aromatic heterocycles. The molecule has 1 saturated heterocycles. The van der Waals surface area contributed by atoms with Gasteiger partial charge in [-0.1, -0.05) is 50.2 Å². The smallest absolute Gasteiger partial charge is 0.251 e. The monoisotopic (exact) mass is 416 g/mol. The van der Waals surface area contributed by atoms with Crippen molar-refractivity contribution in [3.05, 3.63) is 65.7 Å². The van der Waals surface area contributed by atoms with Gasteiger partial charge in [-0.15, -0.1) is 0 Å². The maximum absolute atomic E-state index is 12.8. The van der Waals surface area contributed by atoms with Crippen LogP contribution in [0.3, 0.4) is 0 Å². The summed E-state index contributed by atoms with van der Waals surface area (Å²) in [6.45, 7) is 6.16. The molecule has 7 heteroatoms. The van der Waals surface area contributed by atoms with E-state index in [1.165, 1.54) is 22.0 Å². The van der Waals surface area contributed by atoms with Gasteiger partial charge in [-0.2, -0.15) is 4.31 Å². The fourth-order valence-corrected chi connectivity index (χ4v) is 4.93. The molecule has 3 rings (SSSR count). The van der Waals surface area contributed by atoms with E-state index in [-0.39, 0.29) is 16.7 Å². The summed E-state index contributed by atoms with van der Waals surface area (Å²) in [4.78, 5) is 12.9. The molecule has 1 atom stereocenters. The van der Waals surface area contributed by atoms with E-state index in [0.29, 0.717) is 44.3 Å². The number of carbonyl (C=O) groups is 1. The first-order valence-electron chi connectivity index (χ1n) is 9.90. The first kappa shape index (κ1) is 21.5. The van der Waals surface area contributed by atoms with Crippen molar-refractivity contribution in [2.75, 3.05) is 32.8 Å². The maximum Gasteiger partial charge on any atom is 0.251 e. The zero-order valence-electron chi connectivity index (χ0n) is 16.9. The molecule has 6 nitrogen and oxygen atoms in total. The quantitative estimate of drug-likeness (QED) is 0.753. The SMILES string of the molecule is CC(C)C(CNC(=O)c1cccc(S(=O)(=O)N2CCOCC2)c1)c1ccccc1. The fourth-order valence-electron chi connectivity index (χ4n) is 3.48. The Morgan fingerprint density at radius 2 is 1.76 bits per heavy atom. The normalized spacial score (nSPS) is 16.5. The summed E-state index contributed by atoms with van der Waals surface area (Å²) in [6, 6.07) is 16.3. The number of sulfonamides is 1. The number of morpholine rings is 1. The third-order valence-corrected chi connectivity index (χ3v) is 7.11. The summed E-state index contributed by atoms with van der Waals surface area (Å²) >= 11 is 0. The van der Waals surface area contributed by atoms with Gasteiger partial charge >= 0.3 is 0 Å². The summed E-state index contributed by atoms with van der Waals surface area (Å²) < 4.78 is 32.3. The highest BCUT2D eigenvalue weighted by Crippen LogP contribution is 2.24. The van der Waals surface area contributed by atoms with Crippen molar-refractivity contribution in [3.63, 3.8) is 0 Å². The third kappa shape index (κ3) is 5.23. The van der Waals surface area contributed by atoms with Crippen molar-refractivity contribution < 1.29 is 17.9 Å². The van der Waals surface area contributed by atoms with Crippen molar-refractivity contribution >= 4 is 15.9 Å². The molecule has 156 valence electrons. The van der Waals surface area contributed by atoms with E-state index < -0.39 is 10.0 Å². The molecule has 0 aliphatic carbocycles. The van der Waals surface area contributed by atoms with Crippen LogP contribution in [0.5, 0.6) is 0 Å². The predicted octanol–water partition coefficient (Wildman–Crippen LogP) is 2.88. The molecule has 1 unspecified atom stereocenters. The Morgan fingerprint density at radius 1 is 1.07 bits per heavy atom. The Morgan fingerprint density at radius 3 is 2.41 bits per heavy atom. The van der Waals surface area contributed by atoms with E-state index in [2.05, 4.69) is 31.3 Å². The van der Waals surface area contributed by atoms with Crippen LogP contribution in [0, 0.1) is 5.92 Å². The number of ether oxygens (including phenoxy) is 1. The molecule has 1 amide bonds. The van der Waals surface area contributed by atoms with Gasteiger partial charge in [0.1, 0.15) is 0 Å². The Bertz CT molecular complexity index is 923. The van der Waals surface area contributed by atoms with Gasteiger partial charge in [-0.05, 0) is 29.7 Å². The van der Waals surface area contributed by atoms with E-state index in [0.717, 1.165) is 0 Å². The first-order valence-corrected chi connectivity index (χ1v) is 11.3. The van der Waals surface area contributed by atoms with Crippen LogP contribution < -0.4 is 5.32 Å². The third-order valence-electron chi connectivity index (χ3n) is 5.22. The molecule has 2 aromatic carbocycles. The summed E-state index contributed by atoms with van der Waals surface area (Å²) in [5.41, 5.74) is 1.52. The molecule has 1 heterocycles. The molecular weight excluding hydrogens is 388 g/mol. The molecule has 0 radical (unpaired) electrons. The minimum Gasteiger partial charge on any atom is -0.379 e. The van der Waals surface area contributed by atoms with Crippen molar-refractivity contribution in [1.82, 2.24) is 9.62 Å². The van der Waals surface area contributed by atoms with Crippen LogP contribution >= 0.6 is 0 Å². The number of hydrogen-bond donors (Lipinski definition) is 1. The highest BCUT2D eigenvalue weighted by Gasteiger charge is 2.27. The predicted molar refractivity (Wildman–Crippen MR) is 112 cm³/mol. The van der Waals surface area contributed by atoms with E-state index in [4.69, 9.17) is 4.74 Å². The Balaban J connectivity index is 1.72. The van der Waals surface area contributed by atoms with Gasteiger partial charge in [0.05, 0.1) is 18.1 Å². The van der Waals surface area contributed by atoms with Crippen LogP contribution in [0.25, 0.3) is 0 Å². The summed E-state index contributed by atoms with van der Waals surface area (Å²) in [7, 11) is -3.63. The maximum atomic E-state index is 12.8. The van der Waals surface area contributed by atoms with Crippen LogP contribution in [0.4, 0.5) is 0 Å². The molecule has 1 N–H and O–H groups in total. The lowest BCUT2D eigenvalue weighted by molar-refractivity contribution is 0.0730. The fraction of sp³-hybridized carbons (Fsp3) is 0.409. The van der Waals surface area contributed by atoms with Gasteiger partial charge in [0.2, 0.25) is 10.0 Å². The molecule has 1 aliphatic heterocycles. The lowest BCUT2D eigenvalue weighted by atomic mass is 9.88. The van der Waals surface area contributed by atoms with E-state index >= 15 is 0 Å². The number of benzene rings is 2. The largest absolute Gasteiger partial charge is 0.379 e. The van der Waals surface area contributed by atoms with Crippen LogP contribution in [0.15, 0.2) is 59.5 Å². The highest BCUT2D eigenvalue weighted by molar-refractivity contribution is 7.89. The first-order chi connectivity index (χ1) is 13.9. The topological polar surface area (TPSA) is 75.7 Å². The molecule has 0 spiro atoms. The van der Waals surface area contributed by atoms with Gasteiger partial charge in [0.25, 0.3) is 5.91 Å². The second-order valence-electron chi connectivity index (χ2n) is 7.52. The number of amides is 1. The Labute approximate surface area is 172 Å². The Kier molecular flexibility index (Phi) is 7.05. The standard InChI is InChI=1S/C22H28N2O4S/c1-17(2)21(18-7-4-3-5-8-18)16-23-22(25)19-9-6-10-20(15-19)29(26,27)24-11-13-28-14-12-24/h3-10,15,17,21H,11-14,16H2,1-2H3,(H,23,25). The summed E-state index contributed by atoms with van der Waals surface area (Å²) in [5.74, 6) is 0.261. The minimum atomic E-state index is -3.63. The lowest BCUT2D eigenvalue weighted by Gasteiger charge is -2.26. The number of nitrogens with one attached hydrogen (secondary N) is 1. The van der Waals surface area contributed by atoms with Crippen molar-refractivity contribution in [2.24, 2.45) is 5.92 Å². The number of carbonyl (C=O) groups excluding carboxylic acids is 1. The van der Waals surface area contributed by atoms with Crippen molar-refractivity contribution in [3.8, 4) is 0 Å². The second kappa shape index (κ2) is 9.52. The number of hydrogen-bond acceptors (Lipinski definition) is 4. The molecule has 2 aromatic rings. The van der Waals surface area contributed by atoms with Gasteiger partial charge in [0, 0.05) is 31.1 Å². The average Bonchev–Trinajstić information content (AvgIpc) is 2.75.